The lowest BCUT2D eigenvalue weighted by atomic mass is 10.2. The summed E-state index contributed by atoms with van der Waals surface area (Å²) in [6.07, 6.45) is 2.59. The third-order valence-corrected chi connectivity index (χ3v) is 3.25. The van der Waals surface area contributed by atoms with Crippen molar-refractivity contribution in [1.82, 2.24) is 4.90 Å². The van der Waals surface area contributed by atoms with Gasteiger partial charge in [-0.15, -0.1) is 0 Å². The van der Waals surface area contributed by atoms with Crippen LogP contribution in [0, 0.1) is 0 Å². The fraction of sp³-hybridized carbons (Fsp3) is 0.500. The molecule has 0 bridgehead atoms. The van der Waals surface area contributed by atoms with E-state index in [9.17, 15) is 4.79 Å². The predicted molar refractivity (Wildman–Crippen MR) is 72.2 cm³/mol. The number of likely N-dealkylation sites (tertiary alicyclic amines) is 1. The predicted octanol–water partition coefficient (Wildman–Crippen LogP) is 2.28. The van der Waals surface area contributed by atoms with E-state index < -0.39 is 5.97 Å². The standard InChI is InChI=1S/C14H20N2O2/c1-11(10-16-7-2-3-8-16)15-13-6-4-5-12(9-13)14(17)18/h4-6,9,11,15H,2-3,7-8,10H2,1H3,(H,17,18). The first kappa shape index (κ1) is 12.9. The number of hydrogen-bond donors (Lipinski definition) is 2. The maximum absolute atomic E-state index is 10.9. The van der Waals surface area contributed by atoms with E-state index in [2.05, 4.69) is 17.1 Å². The summed E-state index contributed by atoms with van der Waals surface area (Å²) in [6, 6.07) is 7.30. The van der Waals surface area contributed by atoms with E-state index in [1.54, 1.807) is 18.2 Å². The molecule has 0 aromatic heterocycles. The highest BCUT2D eigenvalue weighted by Gasteiger charge is 2.14. The first-order valence-electron chi connectivity index (χ1n) is 6.47. The van der Waals surface area contributed by atoms with Crippen molar-refractivity contribution in [1.29, 1.82) is 0 Å². The normalized spacial score (nSPS) is 17.6. The van der Waals surface area contributed by atoms with Crippen LogP contribution in [-0.2, 0) is 0 Å². The molecule has 1 atom stereocenters. The summed E-state index contributed by atoms with van der Waals surface area (Å²) in [5.74, 6) is -0.883. The molecule has 0 aliphatic carbocycles. The van der Waals surface area contributed by atoms with Crippen LogP contribution in [0.2, 0.25) is 0 Å². The number of carboxylic acid groups (broad SMARTS) is 1. The molecule has 2 N–H and O–H groups in total. The average molecular weight is 248 g/mol. The number of nitrogens with one attached hydrogen (secondary N) is 1. The van der Waals surface area contributed by atoms with E-state index in [1.165, 1.54) is 25.9 Å². The Hall–Kier alpha value is -1.55. The van der Waals surface area contributed by atoms with Gasteiger partial charge in [0.05, 0.1) is 5.56 Å². The van der Waals surface area contributed by atoms with Gasteiger partial charge < -0.3 is 15.3 Å². The third-order valence-electron chi connectivity index (χ3n) is 3.25. The van der Waals surface area contributed by atoms with Crippen molar-refractivity contribution in [3.05, 3.63) is 29.8 Å². The topological polar surface area (TPSA) is 52.6 Å². The Morgan fingerprint density at radius 2 is 2.17 bits per heavy atom. The SMILES string of the molecule is CC(CN1CCCC1)Nc1cccc(C(=O)O)c1. The zero-order valence-electron chi connectivity index (χ0n) is 10.7. The summed E-state index contributed by atoms with van der Waals surface area (Å²) in [4.78, 5) is 13.3. The van der Waals surface area contributed by atoms with Crippen molar-refractivity contribution in [3.8, 4) is 0 Å². The lowest BCUT2D eigenvalue weighted by Gasteiger charge is -2.22. The second-order valence-electron chi connectivity index (χ2n) is 4.94. The molecule has 1 fully saturated rings. The molecule has 0 amide bonds. The summed E-state index contributed by atoms with van der Waals surface area (Å²) < 4.78 is 0. The quantitative estimate of drug-likeness (QED) is 0.839. The smallest absolute Gasteiger partial charge is 0.335 e. The van der Waals surface area contributed by atoms with Gasteiger partial charge in [0.25, 0.3) is 0 Å². The van der Waals surface area contributed by atoms with Gasteiger partial charge in [-0.2, -0.15) is 0 Å². The highest BCUT2D eigenvalue weighted by Crippen LogP contribution is 2.14. The van der Waals surface area contributed by atoms with Crippen molar-refractivity contribution < 1.29 is 9.90 Å². The fourth-order valence-corrected chi connectivity index (χ4v) is 2.42. The van der Waals surface area contributed by atoms with Gasteiger partial charge in [0, 0.05) is 18.3 Å². The van der Waals surface area contributed by atoms with Crippen molar-refractivity contribution in [2.75, 3.05) is 25.0 Å². The molecule has 1 aromatic rings. The Labute approximate surface area is 108 Å². The Morgan fingerprint density at radius 3 is 2.83 bits per heavy atom. The molecule has 2 rings (SSSR count). The second-order valence-corrected chi connectivity index (χ2v) is 4.94. The van der Waals surface area contributed by atoms with Gasteiger partial charge in [-0.3, -0.25) is 0 Å². The average Bonchev–Trinajstić information content (AvgIpc) is 2.82. The van der Waals surface area contributed by atoms with Crippen LogP contribution in [0.25, 0.3) is 0 Å². The Balaban J connectivity index is 1.91. The minimum absolute atomic E-state index is 0.326. The number of nitrogens with zero attached hydrogens (tertiary/aromatic N) is 1. The van der Waals surface area contributed by atoms with E-state index in [0.29, 0.717) is 11.6 Å². The number of rotatable bonds is 5. The third kappa shape index (κ3) is 3.47. The Kier molecular flexibility index (Phi) is 4.20. The molecule has 1 aliphatic heterocycles. The van der Waals surface area contributed by atoms with Crippen LogP contribution in [0.4, 0.5) is 5.69 Å². The lowest BCUT2D eigenvalue weighted by molar-refractivity contribution is 0.0697. The number of benzene rings is 1. The van der Waals surface area contributed by atoms with Gasteiger partial charge in [0.2, 0.25) is 0 Å². The van der Waals surface area contributed by atoms with Crippen LogP contribution >= 0.6 is 0 Å². The van der Waals surface area contributed by atoms with Crippen molar-refractivity contribution in [2.24, 2.45) is 0 Å². The maximum Gasteiger partial charge on any atom is 0.335 e. The van der Waals surface area contributed by atoms with Crippen LogP contribution < -0.4 is 5.32 Å². The molecule has 0 saturated carbocycles. The van der Waals surface area contributed by atoms with Gasteiger partial charge in [-0.05, 0) is 51.1 Å². The largest absolute Gasteiger partial charge is 0.478 e. The summed E-state index contributed by atoms with van der Waals surface area (Å²) in [5, 5.41) is 12.3. The molecule has 1 saturated heterocycles. The van der Waals surface area contributed by atoms with Crippen molar-refractivity contribution in [2.45, 2.75) is 25.8 Å². The zero-order chi connectivity index (χ0) is 13.0. The van der Waals surface area contributed by atoms with E-state index >= 15 is 0 Å². The maximum atomic E-state index is 10.9. The summed E-state index contributed by atoms with van der Waals surface area (Å²) in [7, 11) is 0. The second kappa shape index (κ2) is 5.87. The van der Waals surface area contributed by atoms with E-state index in [-0.39, 0.29) is 0 Å². The first-order chi connectivity index (χ1) is 8.65. The molecular weight excluding hydrogens is 228 g/mol. The minimum Gasteiger partial charge on any atom is -0.478 e. The molecule has 98 valence electrons. The molecule has 1 heterocycles. The number of hydrogen-bond acceptors (Lipinski definition) is 3. The summed E-state index contributed by atoms with van der Waals surface area (Å²) in [5.41, 5.74) is 1.20. The molecule has 1 aromatic carbocycles. The fourth-order valence-electron chi connectivity index (χ4n) is 2.42. The van der Waals surface area contributed by atoms with Gasteiger partial charge in [0.1, 0.15) is 0 Å². The van der Waals surface area contributed by atoms with Crippen LogP contribution in [0.1, 0.15) is 30.1 Å². The van der Waals surface area contributed by atoms with Crippen LogP contribution in [0.15, 0.2) is 24.3 Å². The number of carboxylic acids is 1. The molecule has 4 nitrogen and oxygen atoms in total. The van der Waals surface area contributed by atoms with Crippen LogP contribution in [-0.4, -0.2) is 41.7 Å². The summed E-state index contributed by atoms with van der Waals surface area (Å²) in [6.45, 7) is 5.51. The Bertz CT molecular complexity index is 414. The van der Waals surface area contributed by atoms with E-state index in [1.807, 2.05) is 6.07 Å². The van der Waals surface area contributed by atoms with Gasteiger partial charge in [-0.25, -0.2) is 4.79 Å². The van der Waals surface area contributed by atoms with Crippen molar-refractivity contribution in [3.63, 3.8) is 0 Å². The minimum atomic E-state index is -0.883. The molecule has 1 unspecified atom stereocenters. The molecule has 4 heteroatoms. The summed E-state index contributed by atoms with van der Waals surface area (Å²) >= 11 is 0. The monoisotopic (exact) mass is 248 g/mol. The van der Waals surface area contributed by atoms with Crippen molar-refractivity contribution >= 4 is 11.7 Å². The highest BCUT2D eigenvalue weighted by molar-refractivity contribution is 5.88. The van der Waals surface area contributed by atoms with Crippen LogP contribution in [0.3, 0.4) is 0 Å². The number of anilines is 1. The van der Waals surface area contributed by atoms with Gasteiger partial charge in [-0.1, -0.05) is 6.07 Å². The Morgan fingerprint density at radius 1 is 1.44 bits per heavy atom. The zero-order valence-corrected chi connectivity index (χ0v) is 10.7. The lowest BCUT2D eigenvalue weighted by Crippen LogP contribution is -2.32. The van der Waals surface area contributed by atoms with E-state index in [0.717, 1.165) is 12.2 Å². The number of carbonyl (C=O) groups is 1. The molecule has 18 heavy (non-hydrogen) atoms. The highest BCUT2D eigenvalue weighted by atomic mass is 16.4. The molecule has 1 aliphatic rings. The van der Waals surface area contributed by atoms with E-state index in [4.69, 9.17) is 5.11 Å². The van der Waals surface area contributed by atoms with Gasteiger partial charge >= 0.3 is 5.97 Å². The molecular formula is C14H20N2O2. The molecule has 0 spiro atoms. The number of aromatic carboxylic acids is 1. The first-order valence-corrected chi connectivity index (χ1v) is 6.47. The van der Waals surface area contributed by atoms with Gasteiger partial charge in [0.15, 0.2) is 0 Å². The molecule has 0 radical (unpaired) electrons. The van der Waals surface area contributed by atoms with Crippen LogP contribution in [0.5, 0.6) is 0 Å².